The van der Waals surface area contributed by atoms with Crippen LogP contribution in [0.1, 0.15) is 28.4 Å². The molecule has 20 heavy (non-hydrogen) atoms. The van der Waals surface area contributed by atoms with Crippen molar-refractivity contribution < 1.29 is 13.6 Å². The predicted octanol–water partition coefficient (Wildman–Crippen LogP) is 2.04. The van der Waals surface area contributed by atoms with Gasteiger partial charge in [0.15, 0.2) is 0 Å². The second kappa shape index (κ2) is 4.96. The quantitative estimate of drug-likeness (QED) is 0.932. The van der Waals surface area contributed by atoms with Crippen molar-refractivity contribution in [3.8, 4) is 0 Å². The van der Waals surface area contributed by atoms with Gasteiger partial charge in [0.05, 0.1) is 6.20 Å². The van der Waals surface area contributed by atoms with Crippen molar-refractivity contribution in [2.24, 2.45) is 0 Å². The first kappa shape index (κ1) is 12.7. The van der Waals surface area contributed by atoms with E-state index in [1.54, 1.807) is 0 Å². The van der Waals surface area contributed by atoms with Gasteiger partial charge < -0.3 is 5.32 Å². The topological polar surface area (TPSA) is 54.9 Å². The van der Waals surface area contributed by atoms with Crippen LogP contribution in [0.15, 0.2) is 36.8 Å². The number of carbonyl (C=O) groups is 1. The fourth-order valence-corrected chi connectivity index (χ4v) is 2.20. The van der Waals surface area contributed by atoms with E-state index >= 15 is 0 Å². The van der Waals surface area contributed by atoms with Gasteiger partial charge in [-0.3, -0.25) is 9.78 Å². The van der Waals surface area contributed by atoms with Gasteiger partial charge in [0, 0.05) is 29.9 Å². The molecule has 0 radical (unpaired) electrons. The summed E-state index contributed by atoms with van der Waals surface area (Å²) >= 11 is 0. The molecule has 3 rings (SSSR count). The van der Waals surface area contributed by atoms with E-state index in [9.17, 15) is 13.6 Å². The first-order chi connectivity index (χ1) is 9.66. The Morgan fingerprint density at radius 2 is 2.00 bits per heavy atom. The molecular formula is C14H11F2N3O. The van der Waals surface area contributed by atoms with E-state index in [1.165, 1.54) is 36.8 Å². The van der Waals surface area contributed by atoms with Gasteiger partial charge in [0.2, 0.25) is 0 Å². The second-order valence-electron chi connectivity index (χ2n) is 4.65. The van der Waals surface area contributed by atoms with Crippen LogP contribution in [0.3, 0.4) is 0 Å². The highest BCUT2D eigenvalue weighted by atomic mass is 19.1. The molecule has 1 amide bonds. The first-order valence-electron chi connectivity index (χ1n) is 6.17. The van der Waals surface area contributed by atoms with Crippen molar-refractivity contribution in [2.75, 3.05) is 0 Å². The summed E-state index contributed by atoms with van der Waals surface area (Å²) in [5.41, 5.74) is 0.226. The highest BCUT2D eigenvalue weighted by molar-refractivity contribution is 5.92. The molecule has 0 saturated heterocycles. The summed E-state index contributed by atoms with van der Waals surface area (Å²) in [7, 11) is 0. The number of hydrogen-bond donors (Lipinski definition) is 1. The van der Waals surface area contributed by atoms with Gasteiger partial charge in [-0.2, -0.15) is 0 Å². The Kier molecular flexibility index (Phi) is 3.14. The molecule has 1 aromatic carbocycles. The molecule has 1 aliphatic carbocycles. The van der Waals surface area contributed by atoms with Gasteiger partial charge in [-0.05, 0) is 18.6 Å². The third-order valence-corrected chi connectivity index (χ3v) is 3.27. The molecular weight excluding hydrogens is 264 g/mol. The van der Waals surface area contributed by atoms with Gasteiger partial charge in [0.25, 0.3) is 5.91 Å². The van der Waals surface area contributed by atoms with Gasteiger partial charge >= 0.3 is 0 Å². The molecule has 4 nitrogen and oxygen atoms in total. The van der Waals surface area contributed by atoms with E-state index in [-0.39, 0.29) is 29.1 Å². The maximum absolute atomic E-state index is 13.6. The van der Waals surface area contributed by atoms with Gasteiger partial charge in [-0.15, -0.1) is 0 Å². The lowest BCUT2D eigenvalue weighted by atomic mass is 10.1. The van der Waals surface area contributed by atoms with Crippen molar-refractivity contribution in [2.45, 2.75) is 18.4 Å². The Hall–Kier alpha value is -2.37. The van der Waals surface area contributed by atoms with Crippen molar-refractivity contribution in [1.29, 1.82) is 0 Å². The lowest BCUT2D eigenvalue weighted by Gasteiger charge is -2.06. The minimum atomic E-state index is -0.578. The van der Waals surface area contributed by atoms with Crippen molar-refractivity contribution >= 4 is 5.91 Å². The number of nitrogens with one attached hydrogen (secondary N) is 1. The standard InChI is InChI=1S/C14H11F2N3O/c15-9-2-1-3-10(16)13(9)8-6-11(8)19-14(20)12-7-17-4-5-18-12/h1-5,7-8,11H,6H2,(H,19,20). The molecule has 1 fully saturated rings. The third kappa shape index (κ3) is 2.36. The molecule has 1 aromatic heterocycles. The van der Waals surface area contributed by atoms with Crippen LogP contribution in [0, 0.1) is 11.6 Å². The summed E-state index contributed by atoms with van der Waals surface area (Å²) < 4.78 is 27.2. The number of benzene rings is 1. The Morgan fingerprint density at radius 1 is 1.25 bits per heavy atom. The first-order valence-corrected chi connectivity index (χ1v) is 6.17. The van der Waals surface area contributed by atoms with Gasteiger partial charge in [-0.1, -0.05) is 6.07 Å². The molecule has 1 aliphatic rings. The van der Waals surface area contributed by atoms with Crippen molar-refractivity contribution in [1.82, 2.24) is 15.3 Å². The number of halogens is 2. The van der Waals surface area contributed by atoms with Crippen LogP contribution in [0.2, 0.25) is 0 Å². The monoisotopic (exact) mass is 275 g/mol. The molecule has 2 atom stereocenters. The number of amides is 1. The molecule has 6 heteroatoms. The zero-order valence-electron chi connectivity index (χ0n) is 10.4. The molecule has 1 heterocycles. The number of nitrogens with zero attached hydrogens (tertiary/aromatic N) is 2. The number of carbonyl (C=O) groups excluding carboxylic acids is 1. The summed E-state index contributed by atoms with van der Waals surface area (Å²) in [4.78, 5) is 19.5. The van der Waals surface area contributed by atoms with E-state index in [4.69, 9.17) is 0 Å². The highest BCUT2D eigenvalue weighted by Crippen LogP contribution is 2.43. The average molecular weight is 275 g/mol. The van der Waals surface area contributed by atoms with Crippen molar-refractivity contribution in [3.63, 3.8) is 0 Å². The van der Waals surface area contributed by atoms with Gasteiger partial charge in [0.1, 0.15) is 17.3 Å². The molecule has 0 spiro atoms. The highest BCUT2D eigenvalue weighted by Gasteiger charge is 2.42. The van der Waals surface area contributed by atoms with Crippen LogP contribution in [0.4, 0.5) is 8.78 Å². The van der Waals surface area contributed by atoms with E-state index in [2.05, 4.69) is 15.3 Å². The molecule has 102 valence electrons. The number of hydrogen-bond acceptors (Lipinski definition) is 3. The lowest BCUT2D eigenvalue weighted by molar-refractivity contribution is 0.0944. The minimum Gasteiger partial charge on any atom is -0.347 e. The van der Waals surface area contributed by atoms with Crippen LogP contribution in [-0.4, -0.2) is 21.9 Å². The summed E-state index contributed by atoms with van der Waals surface area (Å²) in [6, 6.07) is 3.50. The Labute approximate surface area is 113 Å². The smallest absolute Gasteiger partial charge is 0.271 e. The van der Waals surface area contributed by atoms with Crippen LogP contribution in [0.5, 0.6) is 0 Å². The molecule has 2 aromatic rings. The number of aromatic nitrogens is 2. The van der Waals surface area contributed by atoms with E-state index < -0.39 is 11.6 Å². The SMILES string of the molecule is O=C(NC1CC1c1c(F)cccc1F)c1cnccn1. The lowest BCUT2D eigenvalue weighted by Crippen LogP contribution is -2.27. The van der Waals surface area contributed by atoms with E-state index in [0.717, 1.165) is 0 Å². The maximum atomic E-state index is 13.6. The van der Waals surface area contributed by atoms with E-state index in [0.29, 0.717) is 6.42 Å². The third-order valence-electron chi connectivity index (χ3n) is 3.27. The second-order valence-corrected chi connectivity index (χ2v) is 4.65. The van der Waals surface area contributed by atoms with Crippen LogP contribution < -0.4 is 5.32 Å². The van der Waals surface area contributed by atoms with Crippen LogP contribution in [0.25, 0.3) is 0 Å². The average Bonchev–Trinajstić information content (AvgIpc) is 3.18. The summed E-state index contributed by atoms with van der Waals surface area (Å²) in [5, 5.41) is 2.70. The number of rotatable bonds is 3. The molecule has 1 saturated carbocycles. The molecule has 1 N–H and O–H groups in total. The fraction of sp³-hybridized carbons (Fsp3) is 0.214. The van der Waals surface area contributed by atoms with Crippen LogP contribution in [-0.2, 0) is 0 Å². The van der Waals surface area contributed by atoms with Gasteiger partial charge in [-0.25, -0.2) is 13.8 Å². The van der Waals surface area contributed by atoms with Crippen LogP contribution >= 0.6 is 0 Å². The largest absolute Gasteiger partial charge is 0.347 e. The fourth-order valence-electron chi connectivity index (χ4n) is 2.20. The molecule has 2 unspecified atom stereocenters. The summed E-state index contributed by atoms with van der Waals surface area (Å²) in [6.45, 7) is 0. The predicted molar refractivity (Wildman–Crippen MR) is 67.0 cm³/mol. The summed E-state index contributed by atoms with van der Waals surface area (Å²) in [6.07, 6.45) is 4.74. The summed E-state index contributed by atoms with van der Waals surface area (Å²) in [5.74, 6) is -1.86. The molecule has 0 aliphatic heterocycles. The maximum Gasteiger partial charge on any atom is 0.271 e. The Bertz CT molecular complexity index is 628. The molecule has 0 bridgehead atoms. The Balaban J connectivity index is 1.70. The van der Waals surface area contributed by atoms with E-state index in [1.807, 2.05) is 0 Å². The normalized spacial score (nSPS) is 20.5. The zero-order valence-corrected chi connectivity index (χ0v) is 10.4. The Morgan fingerprint density at radius 3 is 2.65 bits per heavy atom. The van der Waals surface area contributed by atoms with Crippen molar-refractivity contribution in [3.05, 3.63) is 59.7 Å². The minimum absolute atomic E-state index is 0.0388. The zero-order chi connectivity index (χ0) is 14.1.